The van der Waals surface area contributed by atoms with Crippen molar-refractivity contribution in [3.63, 3.8) is 0 Å². The number of benzene rings is 2. The van der Waals surface area contributed by atoms with Gasteiger partial charge in [0.25, 0.3) is 0 Å². The zero-order valence-corrected chi connectivity index (χ0v) is 11.7. The minimum atomic E-state index is -0.766. The van der Waals surface area contributed by atoms with Crippen molar-refractivity contribution >= 4 is 23.4 Å². The number of carbonyl (C=O) groups excluding carboxylic acids is 2. The predicted molar refractivity (Wildman–Crippen MR) is 76.0 cm³/mol. The fourth-order valence-corrected chi connectivity index (χ4v) is 1.97. The molecule has 0 saturated heterocycles. The monoisotopic (exact) mass is 306 g/mol. The molecule has 5 nitrogen and oxygen atoms in total. The van der Waals surface area contributed by atoms with Gasteiger partial charge >= 0.3 is 5.97 Å². The average molecular weight is 307 g/mol. The highest BCUT2D eigenvalue weighted by molar-refractivity contribution is 6.31. The van der Waals surface area contributed by atoms with Crippen LogP contribution < -0.4 is 0 Å². The second-order valence-electron chi connectivity index (χ2n) is 4.21. The van der Waals surface area contributed by atoms with Crippen molar-refractivity contribution in [1.29, 1.82) is 0 Å². The number of esters is 1. The van der Waals surface area contributed by atoms with Crippen molar-refractivity contribution in [3.8, 4) is 11.5 Å². The zero-order valence-electron chi connectivity index (χ0n) is 11.0. The van der Waals surface area contributed by atoms with Crippen LogP contribution >= 0.6 is 11.6 Å². The van der Waals surface area contributed by atoms with Gasteiger partial charge in [0.15, 0.2) is 5.78 Å². The predicted octanol–water partition coefficient (Wildman–Crippen LogP) is 2.77. The summed E-state index contributed by atoms with van der Waals surface area (Å²) >= 11 is 5.80. The number of aromatic hydroxyl groups is 2. The maximum Gasteiger partial charge on any atom is 0.341 e. The van der Waals surface area contributed by atoms with E-state index in [2.05, 4.69) is 4.74 Å². The van der Waals surface area contributed by atoms with E-state index in [0.717, 1.165) is 0 Å². The molecule has 0 aliphatic heterocycles. The number of ether oxygens (including phenoxy) is 1. The largest absolute Gasteiger partial charge is 0.507 e. The molecule has 0 radical (unpaired) electrons. The van der Waals surface area contributed by atoms with Crippen LogP contribution in [-0.4, -0.2) is 29.1 Å². The fourth-order valence-electron chi connectivity index (χ4n) is 1.80. The quantitative estimate of drug-likeness (QED) is 0.673. The molecule has 6 heteroatoms. The Bertz CT molecular complexity index is 724. The molecular formula is C15H11ClO5. The highest BCUT2D eigenvalue weighted by atomic mass is 35.5. The van der Waals surface area contributed by atoms with Gasteiger partial charge in [-0.25, -0.2) is 4.79 Å². The summed E-state index contributed by atoms with van der Waals surface area (Å²) in [5.41, 5.74) is -0.0142. The van der Waals surface area contributed by atoms with E-state index in [1.54, 1.807) is 0 Å². The number of rotatable bonds is 3. The van der Waals surface area contributed by atoms with Crippen LogP contribution in [0.4, 0.5) is 0 Å². The molecule has 2 rings (SSSR count). The highest BCUT2D eigenvalue weighted by Gasteiger charge is 2.18. The van der Waals surface area contributed by atoms with E-state index < -0.39 is 11.8 Å². The molecule has 0 amide bonds. The number of carbonyl (C=O) groups is 2. The molecule has 0 fully saturated rings. The third-order valence-corrected chi connectivity index (χ3v) is 3.10. The molecule has 2 N–H and O–H groups in total. The van der Waals surface area contributed by atoms with E-state index in [1.165, 1.54) is 43.5 Å². The van der Waals surface area contributed by atoms with Crippen molar-refractivity contribution in [2.45, 2.75) is 0 Å². The maximum absolute atomic E-state index is 12.3. The number of ketones is 1. The lowest BCUT2D eigenvalue weighted by Gasteiger charge is -2.07. The molecule has 0 aliphatic rings. The van der Waals surface area contributed by atoms with E-state index in [1.807, 2.05) is 0 Å². The summed E-state index contributed by atoms with van der Waals surface area (Å²) in [7, 11) is 1.17. The van der Waals surface area contributed by atoms with Gasteiger partial charge in [0, 0.05) is 10.6 Å². The molecule has 2 aromatic rings. The Hall–Kier alpha value is -2.53. The molecule has 0 aliphatic carbocycles. The Morgan fingerprint density at radius 2 is 1.62 bits per heavy atom. The summed E-state index contributed by atoms with van der Waals surface area (Å²) in [6.45, 7) is 0. The lowest BCUT2D eigenvalue weighted by Crippen LogP contribution is -2.06. The Morgan fingerprint density at radius 3 is 2.29 bits per heavy atom. The van der Waals surface area contributed by atoms with Crippen LogP contribution in [0.25, 0.3) is 0 Å². The van der Waals surface area contributed by atoms with Crippen LogP contribution in [0, 0.1) is 0 Å². The summed E-state index contributed by atoms with van der Waals surface area (Å²) in [5.74, 6) is -1.82. The number of halogens is 1. The van der Waals surface area contributed by atoms with Gasteiger partial charge in [0.1, 0.15) is 17.1 Å². The number of methoxy groups -OCH3 is 1. The van der Waals surface area contributed by atoms with Crippen molar-refractivity contribution in [1.82, 2.24) is 0 Å². The first kappa shape index (κ1) is 14.9. The smallest absolute Gasteiger partial charge is 0.341 e. The van der Waals surface area contributed by atoms with Crippen LogP contribution in [0.5, 0.6) is 11.5 Å². The van der Waals surface area contributed by atoms with Gasteiger partial charge < -0.3 is 14.9 Å². The number of hydrogen-bond acceptors (Lipinski definition) is 5. The van der Waals surface area contributed by atoms with E-state index in [0.29, 0.717) is 5.02 Å². The second-order valence-corrected chi connectivity index (χ2v) is 4.65. The molecule has 21 heavy (non-hydrogen) atoms. The summed E-state index contributed by atoms with van der Waals surface area (Å²) in [5, 5.41) is 19.6. The first-order valence-electron chi connectivity index (χ1n) is 5.88. The highest BCUT2D eigenvalue weighted by Crippen LogP contribution is 2.26. The van der Waals surface area contributed by atoms with Crippen LogP contribution in [0.1, 0.15) is 26.3 Å². The minimum absolute atomic E-state index is 0.00371. The topological polar surface area (TPSA) is 83.8 Å². The lowest BCUT2D eigenvalue weighted by molar-refractivity contribution is 0.0597. The van der Waals surface area contributed by atoms with Crippen molar-refractivity contribution in [3.05, 3.63) is 58.1 Å². The van der Waals surface area contributed by atoms with Gasteiger partial charge in [-0.2, -0.15) is 0 Å². The van der Waals surface area contributed by atoms with Crippen molar-refractivity contribution in [2.75, 3.05) is 7.11 Å². The van der Waals surface area contributed by atoms with E-state index in [4.69, 9.17) is 11.6 Å². The van der Waals surface area contributed by atoms with E-state index in [-0.39, 0.29) is 28.2 Å². The SMILES string of the molecule is COC(=O)c1cc(C(=O)c2cc(Cl)ccc2O)ccc1O. The Morgan fingerprint density at radius 1 is 1.00 bits per heavy atom. The van der Waals surface area contributed by atoms with E-state index in [9.17, 15) is 19.8 Å². The summed E-state index contributed by atoms with van der Waals surface area (Å²) in [4.78, 5) is 23.8. The minimum Gasteiger partial charge on any atom is -0.507 e. The van der Waals surface area contributed by atoms with Crippen molar-refractivity contribution < 1.29 is 24.5 Å². The molecule has 108 valence electrons. The van der Waals surface area contributed by atoms with Gasteiger partial charge in [0.2, 0.25) is 0 Å². The molecule has 0 atom stereocenters. The first-order valence-corrected chi connectivity index (χ1v) is 6.26. The average Bonchev–Trinajstić information content (AvgIpc) is 2.48. The molecular weight excluding hydrogens is 296 g/mol. The number of phenolic OH excluding ortho intramolecular Hbond substituents is 2. The molecule has 0 heterocycles. The molecule has 0 spiro atoms. The molecule has 2 aromatic carbocycles. The molecule has 0 bridgehead atoms. The second kappa shape index (κ2) is 5.85. The van der Waals surface area contributed by atoms with Gasteiger partial charge in [0.05, 0.1) is 12.7 Å². The summed E-state index contributed by atoms with van der Waals surface area (Å²) < 4.78 is 4.52. The van der Waals surface area contributed by atoms with Gasteiger partial charge in [-0.05, 0) is 36.4 Å². The number of hydrogen-bond donors (Lipinski definition) is 2. The van der Waals surface area contributed by atoms with Gasteiger partial charge in [-0.1, -0.05) is 11.6 Å². The third kappa shape index (κ3) is 2.98. The zero-order chi connectivity index (χ0) is 15.6. The van der Waals surface area contributed by atoms with E-state index >= 15 is 0 Å². The normalized spacial score (nSPS) is 10.2. The number of phenols is 2. The first-order chi connectivity index (χ1) is 9.93. The Kier molecular flexibility index (Phi) is 4.14. The van der Waals surface area contributed by atoms with Crippen LogP contribution in [-0.2, 0) is 4.74 Å². The van der Waals surface area contributed by atoms with Gasteiger partial charge in [-0.15, -0.1) is 0 Å². The van der Waals surface area contributed by atoms with Crippen LogP contribution in [0.3, 0.4) is 0 Å². The summed E-state index contributed by atoms with van der Waals surface area (Å²) in [6, 6.07) is 7.82. The van der Waals surface area contributed by atoms with Crippen LogP contribution in [0.2, 0.25) is 5.02 Å². The Balaban J connectivity index is 2.49. The maximum atomic E-state index is 12.3. The fraction of sp³-hybridized carbons (Fsp3) is 0.0667. The molecule has 0 unspecified atom stereocenters. The van der Waals surface area contributed by atoms with Crippen molar-refractivity contribution in [2.24, 2.45) is 0 Å². The molecule has 0 aromatic heterocycles. The standard InChI is InChI=1S/C15H11ClO5/c1-21-15(20)11-6-8(2-4-13(11)18)14(19)10-7-9(16)3-5-12(10)17/h2-7,17-18H,1H3. The van der Waals surface area contributed by atoms with Crippen LogP contribution in [0.15, 0.2) is 36.4 Å². The third-order valence-electron chi connectivity index (χ3n) is 2.87. The lowest BCUT2D eigenvalue weighted by atomic mass is 10.00. The summed E-state index contributed by atoms with van der Waals surface area (Å²) in [6.07, 6.45) is 0. The molecule has 0 saturated carbocycles. The van der Waals surface area contributed by atoms with Gasteiger partial charge in [-0.3, -0.25) is 4.79 Å². The Labute approximate surface area is 125 Å².